The fourth-order valence-electron chi connectivity index (χ4n) is 2.43. The van der Waals surface area contributed by atoms with Crippen molar-refractivity contribution >= 4 is 39.1 Å². The molecule has 3 rings (SSSR count). The van der Waals surface area contributed by atoms with Gasteiger partial charge in [-0.25, -0.2) is 4.39 Å². The van der Waals surface area contributed by atoms with Crippen LogP contribution in [0.1, 0.15) is 11.1 Å². The van der Waals surface area contributed by atoms with Gasteiger partial charge in [0.15, 0.2) is 4.80 Å². The van der Waals surface area contributed by atoms with Crippen LogP contribution in [0.5, 0.6) is 0 Å². The van der Waals surface area contributed by atoms with Crippen molar-refractivity contribution in [1.82, 2.24) is 4.57 Å². The number of nitrogens with zero attached hydrogens (tertiary/aromatic N) is 2. The smallest absolute Gasteiger partial charge is 0.252 e. The molecule has 0 saturated carbocycles. The minimum absolute atomic E-state index is 0.147. The molecule has 0 spiro atoms. The Morgan fingerprint density at radius 3 is 2.65 bits per heavy atom. The summed E-state index contributed by atoms with van der Waals surface area (Å²) in [5.41, 5.74) is 2.69. The molecule has 0 aliphatic rings. The van der Waals surface area contributed by atoms with Gasteiger partial charge in [0.2, 0.25) is 0 Å². The lowest BCUT2D eigenvalue weighted by Crippen LogP contribution is -2.14. The lowest BCUT2D eigenvalue weighted by molar-refractivity contribution is -0.117. The van der Waals surface area contributed by atoms with E-state index in [1.807, 2.05) is 30.7 Å². The summed E-state index contributed by atoms with van der Waals surface area (Å²) in [6.07, 6.45) is 0.147. The highest BCUT2D eigenvalue weighted by atomic mass is 35.5. The molecule has 1 amide bonds. The second-order valence-electron chi connectivity index (χ2n) is 5.27. The van der Waals surface area contributed by atoms with Crippen LogP contribution in [0.15, 0.2) is 41.4 Å². The summed E-state index contributed by atoms with van der Waals surface area (Å²) >= 11 is 7.60. The van der Waals surface area contributed by atoms with E-state index in [9.17, 15) is 9.18 Å². The fraction of sp³-hybridized carbons (Fsp3) is 0.176. The predicted molar refractivity (Wildman–Crippen MR) is 91.2 cm³/mol. The zero-order chi connectivity index (χ0) is 16.6. The van der Waals surface area contributed by atoms with Crippen molar-refractivity contribution in [2.24, 2.45) is 12.0 Å². The molecule has 2 aromatic carbocycles. The first-order valence-corrected chi connectivity index (χ1v) is 8.22. The number of halogens is 2. The lowest BCUT2D eigenvalue weighted by atomic mass is 10.1. The Kier molecular flexibility index (Phi) is 4.33. The summed E-state index contributed by atoms with van der Waals surface area (Å²) in [6, 6.07) is 9.65. The zero-order valence-electron chi connectivity index (χ0n) is 12.6. The van der Waals surface area contributed by atoms with Gasteiger partial charge in [-0.15, -0.1) is 0 Å². The molecule has 23 heavy (non-hydrogen) atoms. The Labute approximate surface area is 141 Å². The van der Waals surface area contributed by atoms with Gasteiger partial charge in [-0.05, 0) is 42.3 Å². The minimum atomic E-state index is -0.318. The van der Waals surface area contributed by atoms with Gasteiger partial charge in [-0.2, -0.15) is 4.99 Å². The molecular formula is C17H14ClFN2OS. The lowest BCUT2D eigenvalue weighted by Gasteiger charge is -2.02. The second-order valence-corrected chi connectivity index (χ2v) is 6.69. The fourth-order valence-corrected chi connectivity index (χ4v) is 3.68. The van der Waals surface area contributed by atoms with Crippen LogP contribution in [0, 0.1) is 12.7 Å². The monoisotopic (exact) mass is 348 g/mol. The van der Waals surface area contributed by atoms with Gasteiger partial charge in [0.1, 0.15) is 5.82 Å². The maximum atomic E-state index is 12.9. The number of hydrogen-bond acceptors (Lipinski definition) is 2. The zero-order valence-corrected chi connectivity index (χ0v) is 14.2. The highest BCUT2D eigenvalue weighted by Crippen LogP contribution is 2.26. The molecule has 3 aromatic rings. The van der Waals surface area contributed by atoms with E-state index >= 15 is 0 Å². The quantitative estimate of drug-likeness (QED) is 0.689. The highest BCUT2D eigenvalue weighted by Gasteiger charge is 2.10. The number of hydrogen-bond donors (Lipinski definition) is 0. The van der Waals surface area contributed by atoms with Gasteiger partial charge in [-0.1, -0.05) is 35.1 Å². The van der Waals surface area contributed by atoms with E-state index < -0.39 is 0 Å². The molecule has 0 saturated heterocycles. The maximum absolute atomic E-state index is 12.9. The first-order valence-electron chi connectivity index (χ1n) is 7.02. The molecule has 3 nitrogen and oxygen atoms in total. The summed E-state index contributed by atoms with van der Waals surface area (Å²) in [5, 5.41) is 0.690. The molecule has 0 N–H and O–H groups in total. The molecular weight excluding hydrogens is 335 g/mol. The van der Waals surface area contributed by atoms with Crippen molar-refractivity contribution in [2.45, 2.75) is 13.3 Å². The number of thiazole rings is 1. The molecule has 0 radical (unpaired) electrons. The number of aryl methyl sites for hydroxylation is 2. The third kappa shape index (κ3) is 3.21. The Morgan fingerprint density at radius 2 is 1.96 bits per heavy atom. The van der Waals surface area contributed by atoms with Crippen molar-refractivity contribution in [3.8, 4) is 0 Å². The average molecular weight is 349 g/mol. The average Bonchev–Trinajstić information content (AvgIpc) is 2.82. The Balaban J connectivity index is 1.97. The third-order valence-electron chi connectivity index (χ3n) is 3.64. The summed E-state index contributed by atoms with van der Waals surface area (Å²) < 4.78 is 15.8. The molecule has 1 aromatic heterocycles. The van der Waals surface area contributed by atoms with Gasteiger partial charge in [0.25, 0.3) is 5.91 Å². The van der Waals surface area contributed by atoms with Crippen LogP contribution in [-0.2, 0) is 18.3 Å². The molecule has 0 fully saturated rings. The maximum Gasteiger partial charge on any atom is 0.252 e. The second kappa shape index (κ2) is 6.26. The minimum Gasteiger partial charge on any atom is -0.319 e. The summed E-state index contributed by atoms with van der Waals surface area (Å²) in [4.78, 5) is 17.0. The van der Waals surface area contributed by atoms with E-state index in [1.165, 1.54) is 23.5 Å². The van der Waals surface area contributed by atoms with Gasteiger partial charge in [0, 0.05) is 12.1 Å². The Morgan fingerprint density at radius 1 is 1.26 bits per heavy atom. The molecule has 0 unspecified atom stereocenters. The number of benzene rings is 2. The van der Waals surface area contributed by atoms with E-state index in [0.29, 0.717) is 9.82 Å². The van der Waals surface area contributed by atoms with Gasteiger partial charge >= 0.3 is 0 Å². The number of carbonyl (C=O) groups is 1. The van der Waals surface area contributed by atoms with E-state index in [2.05, 4.69) is 4.99 Å². The largest absolute Gasteiger partial charge is 0.319 e. The number of rotatable bonds is 2. The molecule has 0 bridgehead atoms. The van der Waals surface area contributed by atoms with Crippen LogP contribution in [-0.4, -0.2) is 10.5 Å². The SMILES string of the molecule is Cc1c(Cl)ccc2sc(=NC(=O)Cc3ccc(F)cc3)n(C)c12. The van der Waals surface area contributed by atoms with Crippen molar-refractivity contribution in [2.75, 3.05) is 0 Å². The summed E-state index contributed by atoms with van der Waals surface area (Å²) in [7, 11) is 1.87. The normalized spacial score (nSPS) is 12.1. The molecule has 0 atom stereocenters. The summed E-state index contributed by atoms with van der Waals surface area (Å²) in [6.45, 7) is 1.95. The summed E-state index contributed by atoms with van der Waals surface area (Å²) in [5.74, 6) is -0.580. The van der Waals surface area contributed by atoms with Crippen LogP contribution in [0.2, 0.25) is 5.02 Å². The van der Waals surface area contributed by atoms with Crippen LogP contribution in [0.3, 0.4) is 0 Å². The van der Waals surface area contributed by atoms with E-state index in [-0.39, 0.29) is 18.1 Å². The van der Waals surface area contributed by atoms with E-state index in [4.69, 9.17) is 11.6 Å². The molecule has 6 heteroatoms. The topological polar surface area (TPSA) is 34.4 Å². The standard InChI is InChI=1S/C17H14ClFN2OS/c1-10-13(18)7-8-14-16(10)21(2)17(23-14)20-15(22)9-11-3-5-12(19)6-4-11/h3-8H,9H2,1-2H3. The van der Waals surface area contributed by atoms with Crippen LogP contribution >= 0.6 is 22.9 Å². The van der Waals surface area contributed by atoms with E-state index in [0.717, 1.165) is 21.3 Å². The molecule has 0 aliphatic carbocycles. The Hall–Kier alpha value is -1.98. The molecule has 118 valence electrons. The van der Waals surface area contributed by atoms with Gasteiger partial charge in [-0.3, -0.25) is 4.79 Å². The molecule has 0 aliphatic heterocycles. The Bertz CT molecular complexity index is 957. The van der Waals surface area contributed by atoms with Crippen molar-refractivity contribution in [3.05, 3.63) is 63.2 Å². The molecule has 1 heterocycles. The van der Waals surface area contributed by atoms with Gasteiger partial charge in [0.05, 0.1) is 16.6 Å². The number of carbonyl (C=O) groups excluding carboxylic acids is 1. The highest BCUT2D eigenvalue weighted by molar-refractivity contribution is 7.16. The van der Waals surface area contributed by atoms with Crippen molar-refractivity contribution in [3.63, 3.8) is 0 Å². The van der Waals surface area contributed by atoms with Crippen LogP contribution in [0.25, 0.3) is 10.2 Å². The van der Waals surface area contributed by atoms with Gasteiger partial charge < -0.3 is 4.57 Å². The first-order chi connectivity index (χ1) is 11.0. The number of amides is 1. The predicted octanol–water partition coefficient (Wildman–Crippen LogP) is 4.01. The number of aromatic nitrogens is 1. The van der Waals surface area contributed by atoms with Crippen molar-refractivity contribution < 1.29 is 9.18 Å². The van der Waals surface area contributed by atoms with E-state index in [1.54, 1.807) is 12.1 Å². The van der Waals surface area contributed by atoms with Crippen LogP contribution in [0.4, 0.5) is 4.39 Å². The first kappa shape index (κ1) is 15.9. The number of fused-ring (bicyclic) bond motifs is 1. The van der Waals surface area contributed by atoms with Crippen molar-refractivity contribution in [1.29, 1.82) is 0 Å². The third-order valence-corrected chi connectivity index (χ3v) is 5.15. The van der Waals surface area contributed by atoms with Crippen LogP contribution < -0.4 is 4.80 Å².